The van der Waals surface area contributed by atoms with Gasteiger partial charge in [-0.15, -0.1) is 0 Å². The van der Waals surface area contributed by atoms with Crippen LogP contribution in [0.4, 0.5) is 0 Å². The molecule has 0 aliphatic carbocycles. The SMILES string of the molecule is CCC(C)C(NC(=O)C(Cc1c[nH]c2ccccc12)NC(=O)CNC(=O)C1CCCN1)C(=O)O. The van der Waals surface area contributed by atoms with Crippen LogP contribution in [0.3, 0.4) is 0 Å². The van der Waals surface area contributed by atoms with Crippen molar-refractivity contribution in [3.63, 3.8) is 0 Å². The molecule has 1 aliphatic rings. The number of aromatic amines is 1. The lowest BCUT2D eigenvalue weighted by molar-refractivity contribution is -0.143. The average Bonchev–Trinajstić information content (AvgIpc) is 3.50. The molecule has 3 rings (SSSR count). The molecule has 2 heterocycles. The van der Waals surface area contributed by atoms with Crippen LogP contribution in [0.15, 0.2) is 30.5 Å². The Hall–Kier alpha value is -3.40. The highest BCUT2D eigenvalue weighted by Crippen LogP contribution is 2.19. The van der Waals surface area contributed by atoms with Crippen LogP contribution >= 0.6 is 0 Å². The average molecular weight is 472 g/mol. The van der Waals surface area contributed by atoms with Crippen LogP contribution < -0.4 is 21.3 Å². The van der Waals surface area contributed by atoms with E-state index in [1.165, 1.54) is 0 Å². The van der Waals surface area contributed by atoms with Crippen LogP contribution in [0.25, 0.3) is 10.9 Å². The predicted octanol–water partition coefficient (Wildman–Crippen LogP) is 0.679. The van der Waals surface area contributed by atoms with Gasteiger partial charge in [0.05, 0.1) is 12.6 Å². The first kappa shape index (κ1) is 25.2. The fourth-order valence-corrected chi connectivity index (χ4v) is 4.11. The van der Waals surface area contributed by atoms with Crippen molar-refractivity contribution in [2.45, 2.75) is 57.7 Å². The monoisotopic (exact) mass is 471 g/mol. The molecular weight excluding hydrogens is 438 g/mol. The quantitative estimate of drug-likeness (QED) is 0.283. The maximum Gasteiger partial charge on any atom is 0.326 e. The van der Waals surface area contributed by atoms with Gasteiger partial charge in [0, 0.05) is 23.5 Å². The van der Waals surface area contributed by atoms with E-state index >= 15 is 0 Å². The van der Waals surface area contributed by atoms with Gasteiger partial charge in [0.2, 0.25) is 17.7 Å². The van der Waals surface area contributed by atoms with E-state index in [9.17, 15) is 24.3 Å². The number of carboxylic acid groups (broad SMARTS) is 1. The molecular formula is C24H33N5O5. The number of carbonyl (C=O) groups is 4. The van der Waals surface area contributed by atoms with Gasteiger partial charge in [0.15, 0.2) is 0 Å². The molecule has 10 heteroatoms. The molecule has 1 aromatic carbocycles. The summed E-state index contributed by atoms with van der Waals surface area (Å²) in [7, 11) is 0. The van der Waals surface area contributed by atoms with E-state index < -0.39 is 29.9 Å². The van der Waals surface area contributed by atoms with E-state index in [4.69, 9.17) is 0 Å². The van der Waals surface area contributed by atoms with Gasteiger partial charge in [-0.2, -0.15) is 0 Å². The third-order valence-corrected chi connectivity index (χ3v) is 6.33. The fraction of sp³-hybridized carbons (Fsp3) is 0.500. The van der Waals surface area contributed by atoms with Crippen LogP contribution in [0.5, 0.6) is 0 Å². The number of hydrogen-bond donors (Lipinski definition) is 6. The van der Waals surface area contributed by atoms with E-state index in [-0.39, 0.29) is 30.8 Å². The number of amides is 3. The number of fused-ring (bicyclic) bond motifs is 1. The zero-order chi connectivity index (χ0) is 24.7. The molecule has 0 spiro atoms. The van der Waals surface area contributed by atoms with Gasteiger partial charge in [0.1, 0.15) is 12.1 Å². The highest BCUT2D eigenvalue weighted by atomic mass is 16.4. The molecule has 0 saturated carbocycles. The first-order valence-corrected chi connectivity index (χ1v) is 11.7. The van der Waals surface area contributed by atoms with Gasteiger partial charge in [-0.05, 0) is 36.9 Å². The Kier molecular flexibility index (Phi) is 8.64. The molecule has 1 aliphatic heterocycles. The van der Waals surface area contributed by atoms with Gasteiger partial charge < -0.3 is 31.4 Å². The number of aromatic nitrogens is 1. The second kappa shape index (κ2) is 11.6. The summed E-state index contributed by atoms with van der Waals surface area (Å²) in [6, 6.07) is 5.18. The molecule has 184 valence electrons. The van der Waals surface area contributed by atoms with Crippen molar-refractivity contribution in [3.8, 4) is 0 Å². The van der Waals surface area contributed by atoms with Crippen LogP contribution in [-0.4, -0.2) is 65.0 Å². The van der Waals surface area contributed by atoms with E-state index in [1.807, 2.05) is 31.2 Å². The normalized spacial score (nSPS) is 18.1. The van der Waals surface area contributed by atoms with Crippen molar-refractivity contribution in [1.82, 2.24) is 26.3 Å². The van der Waals surface area contributed by atoms with Crippen molar-refractivity contribution in [2.24, 2.45) is 5.92 Å². The molecule has 1 aromatic heterocycles. The van der Waals surface area contributed by atoms with Gasteiger partial charge >= 0.3 is 5.97 Å². The summed E-state index contributed by atoms with van der Waals surface area (Å²) in [5, 5.41) is 21.4. The minimum absolute atomic E-state index is 0.159. The van der Waals surface area contributed by atoms with E-state index in [0.717, 1.165) is 29.4 Å². The molecule has 4 atom stereocenters. The Labute approximate surface area is 198 Å². The van der Waals surface area contributed by atoms with Crippen molar-refractivity contribution in [3.05, 3.63) is 36.0 Å². The Bertz CT molecular complexity index is 1030. The van der Waals surface area contributed by atoms with Gasteiger partial charge in [0.25, 0.3) is 0 Å². The first-order chi connectivity index (χ1) is 16.3. The summed E-state index contributed by atoms with van der Waals surface area (Å²) < 4.78 is 0. The molecule has 6 N–H and O–H groups in total. The first-order valence-electron chi connectivity index (χ1n) is 11.7. The number of aliphatic carboxylic acids is 1. The largest absolute Gasteiger partial charge is 0.480 e. The lowest BCUT2D eigenvalue weighted by atomic mass is 9.98. The minimum atomic E-state index is -1.13. The number of nitrogens with one attached hydrogen (secondary N) is 5. The summed E-state index contributed by atoms with van der Waals surface area (Å²) in [6.07, 6.45) is 4.11. The number of para-hydroxylation sites is 1. The Morgan fingerprint density at radius 1 is 1.18 bits per heavy atom. The zero-order valence-electron chi connectivity index (χ0n) is 19.5. The number of carbonyl (C=O) groups excluding carboxylic acids is 3. The van der Waals surface area contributed by atoms with Crippen molar-refractivity contribution >= 4 is 34.6 Å². The zero-order valence-corrected chi connectivity index (χ0v) is 19.5. The van der Waals surface area contributed by atoms with Crippen LogP contribution in [0.1, 0.15) is 38.7 Å². The standard InChI is InChI=1S/C24H33N5O5/c1-3-14(2)21(24(33)34)29-23(32)19(11-15-12-26-17-8-5-4-7-16(15)17)28-20(30)13-27-22(31)18-9-6-10-25-18/h4-5,7-8,12,14,18-19,21,25-26H,3,6,9-11,13H2,1-2H3,(H,27,31)(H,28,30)(H,29,32)(H,33,34). The lowest BCUT2D eigenvalue weighted by Gasteiger charge is -2.24. The Morgan fingerprint density at radius 3 is 2.62 bits per heavy atom. The molecule has 1 fully saturated rings. The van der Waals surface area contributed by atoms with Crippen molar-refractivity contribution in [1.29, 1.82) is 0 Å². The maximum absolute atomic E-state index is 13.1. The molecule has 10 nitrogen and oxygen atoms in total. The van der Waals surface area contributed by atoms with Crippen LogP contribution in [0.2, 0.25) is 0 Å². The molecule has 0 radical (unpaired) electrons. The van der Waals surface area contributed by atoms with E-state index in [1.54, 1.807) is 13.1 Å². The molecule has 34 heavy (non-hydrogen) atoms. The summed E-state index contributed by atoms with van der Waals surface area (Å²) >= 11 is 0. The number of benzene rings is 1. The van der Waals surface area contributed by atoms with Gasteiger partial charge in [-0.3, -0.25) is 14.4 Å². The molecule has 0 bridgehead atoms. The summed E-state index contributed by atoms with van der Waals surface area (Å²) in [5.74, 6) is -2.79. The Balaban J connectivity index is 1.72. The van der Waals surface area contributed by atoms with Gasteiger partial charge in [-0.25, -0.2) is 4.79 Å². The fourth-order valence-electron chi connectivity index (χ4n) is 4.11. The number of rotatable bonds is 11. The molecule has 4 unspecified atom stereocenters. The minimum Gasteiger partial charge on any atom is -0.480 e. The summed E-state index contributed by atoms with van der Waals surface area (Å²) in [6.45, 7) is 4.08. The second-order valence-electron chi connectivity index (χ2n) is 8.76. The van der Waals surface area contributed by atoms with Crippen LogP contribution in [-0.2, 0) is 25.6 Å². The molecule has 1 saturated heterocycles. The van der Waals surface area contributed by atoms with Crippen LogP contribution in [0, 0.1) is 5.92 Å². The third-order valence-electron chi connectivity index (χ3n) is 6.33. The summed E-state index contributed by atoms with van der Waals surface area (Å²) in [5.41, 5.74) is 1.70. The third kappa shape index (κ3) is 6.34. The predicted molar refractivity (Wildman–Crippen MR) is 127 cm³/mol. The number of carboxylic acids is 1. The van der Waals surface area contributed by atoms with Crippen molar-refractivity contribution in [2.75, 3.05) is 13.1 Å². The Morgan fingerprint density at radius 2 is 1.94 bits per heavy atom. The maximum atomic E-state index is 13.1. The highest BCUT2D eigenvalue weighted by molar-refractivity contribution is 5.93. The molecule has 3 amide bonds. The topological polar surface area (TPSA) is 152 Å². The smallest absolute Gasteiger partial charge is 0.326 e. The van der Waals surface area contributed by atoms with E-state index in [2.05, 4.69) is 26.3 Å². The molecule has 2 aromatic rings. The lowest BCUT2D eigenvalue weighted by Crippen LogP contribution is -2.55. The summed E-state index contributed by atoms with van der Waals surface area (Å²) in [4.78, 5) is 52.8. The van der Waals surface area contributed by atoms with E-state index in [0.29, 0.717) is 12.8 Å². The van der Waals surface area contributed by atoms with Crippen molar-refractivity contribution < 1.29 is 24.3 Å². The number of H-pyrrole nitrogens is 1. The highest BCUT2D eigenvalue weighted by Gasteiger charge is 2.30. The second-order valence-corrected chi connectivity index (χ2v) is 8.76. The number of hydrogen-bond acceptors (Lipinski definition) is 5. The van der Waals surface area contributed by atoms with Gasteiger partial charge in [-0.1, -0.05) is 38.5 Å².